The van der Waals surface area contributed by atoms with Crippen molar-refractivity contribution in [1.29, 1.82) is 0 Å². The number of anilines is 1. The number of para-hydroxylation sites is 1. The van der Waals surface area contributed by atoms with Crippen LogP contribution in [-0.2, 0) is 0 Å². The topological polar surface area (TPSA) is 77.6 Å². The molecular formula is C13H11N5S. The first kappa shape index (κ1) is 11.9. The Balaban J connectivity index is 2.05. The number of hydrogen-bond acceptors (Lipinski definition) is 6. The number of nitrogens with two attached hydrogens (primary N) is 1. The summed E-state index contributed by atoms with van der Waals surface area (Å²) in [6, 6.07) is 9.76. The normalized spacial score (nSPS) is 10.8. The van der Waals surface area contributed by atoms with Crippen molar-refractivity contribution in [2.24, 2.45) is 0 Å². The number of nitrogens with zero attached hydrogens (tertiary/aromatic N) is 4. The van der Waals surface area contributed by atoms with Gasteiger partial charge in [-0.3, -0.25) is 0 Å². The van der Waals surface area contributed by atoms with E-state index in [0.29, 0.717) is 0 Å². The van der Waals surface area contributed by atoms with Crippen LogP contribution in [0.2, 0.25) is 0 Å². The Morgan fingerprint density at radius 2 is 1.95 bits per heavy atom. The third-order valence-electron chi connectivity index (χ3n) is 2.56. The van der Waals surface area contributed by atoms with Crippen LogP contribution in [0.3, 0.4) is 0 Å². The Hall–Kier alpha value is -2.21. The highest BCUT2D eigenvalue weighted by molar-refractivity contribution is 7.99. The maximum Gasteiger partial charge on any atom is 0.221 e. The lowest BCUT2D eigenvalue weighted by Crippen LogP contribution is -1.97. The van der Waals surface area contributed by atoms with Crippen molar-refractivity contribution < 1.29 is 0 Å². The van der Waals surface area contributed by atoms with Crippen LogP contribution in [0.25, 0.3) is 10.9 Å². The molecule has 3 aromatic rings. The molecule has 0 spiro atoms. The van der Waals surface area contributed by atoms with Gasteiger partial charge in [-0.2, -0.15) is 0 Å². The maximum atomic E-state index is 5.66. The van der Waals surface area contributed by atoms with Crippen LogP contribution in [0.1, 0.15) is 5.69 Å². The standard InChI is InChI=1S/C13H11N5S/c1-8-6-11(18-13(14)17-8)19-12-9-4-2-3-5-10(9)15-7-16-12/h2-7H,1H3,(H2,14,17,18). The average Bonchev–Trinajstić information content (AvgIpc) is 2.38. The summed E-state index contributed by atoms with van der Waals surface area (Å²) >= 11 is 1.46. The van der Waals surface area contributed by atoms with E-state index in [-0.39, 0.29) is 5.95 Å². The van der Waals surface area contributed by atoms with Crippen LogP contribution in [0.15, 0.2) is 46.7 Å². The predicted molar refractivity (Wildman–Crippen MR) is 74.8 cm³/mol. The number of fused-ring (bicyclic) bond motifs is 1. The van der Waals surface area contributed by atoms with E-state index < -0.39 is 0 Å². The highest BCUT2D eigenvalue weighted by Crippen LogP contribution is 2.30. The van der Waals surface area contributed by atoms with Crippen molar-refractivity contribution in [1.82, 2.24) is 19.9 Å². The van der Waals surface area contributed by atoms with Crippen LogP contribution >= 0.6 is 11.8 Å². The molecule has 5 nitrogen and oxygen atoms in total. The molecule has 0 fully saturated rings. The zero-order valence-electron chi connectivity index (χ0n) is 10.2. The summed E-state index contributed by atoms with van der Waals surface area (Å²) in [7, 11) is 0. The average molecular weight is 269 g/mol. The van der Waals surface area contributed by atoms with Gasteiger partial charge >= 0.3 is 0 Å². The van der Waals surface area contributed by atoms with E-state index in [2.05, 4.69) is 19.9 Å². The SMILES string of the molecule is Cc1cc(Sc2ncnc3ccccc23)nc(N)n1. The monoisotopic (exact) mass is 269 g/mol. The van der Waals surface area contributed by atoms with Crippen LogP contribution in [0.4, 0.5) is 5.95 Å². The molecule has 3 rings (SSSR count). The summed E-state index contributed by atoms with van der Waals surface area (Å²) in [6.45, 7) is 1.89. The fourth-order valence-electron chi connectivity index (χ4n) is 1.77. The Morgan fingerprint density at radius 1 is 1.11 bits per heavy atom. The second-order valence-electron chi connectivity index (χ2n) is 4.00. The number of nitrogen functional groups attached to an aromatic ring is 1. The first-order valence-electron chi connectivity index (χ1n) is 5.71. The van der Waals surface area contributed by atoms with Crippen LogP contribution in [0.5, 0.6) is 0 Å². The van der Waals surface area contributed by atoms with Crippen molar-refractivity contribution >= 4 is 28.6 Å². The van der Waals surface area contributed by atoms with Gasteiger partial charge in [-0.15, -0.1) is 0 Å². The lowest BCUT2D eigenvalue weighted by Gasteiger charge is -2.05. The minimum atomic E-state index is 0.279. The van der Waals surface area contributed by atoms with Gasteiger partial charge in [0.05, 0.1) is 5.52 Å². The van der Waals surface area contributed by atoms with Crippen molar-refractivity contribution in [2.45, 2.75) is 17.0 Å². The minimum Gasteiger partial charge on any atom is -0.368 e. The summed E-state index contributed by atoms with van der Waals surface area (Å²) in [5.74, 6) is 0.279. The number of aryl methyl sites for hydroxylation is 1. The van der Waals surface area contributed by atoms with Gasteiger partial charge in [0, 0.05) is 11.1 Å². The molecule has 0 aliphatic heterocycles. The van der Waals surface area contributed by atoms with E-state index >= 15 is 0 Å². The molecule has 0 aliphatic rings. The number of hydrogen-bond donors (Lipinski definition) is 1. The number of rotatable bonds is 2. The summed E-state index contributed by atoms with van der Waals surface area (Å²) in [4.78, 5) is 16.8. The van der Waals surface area contributed by atoms with Crippen molar-refractivity contribution in [3.63, 3.8) is 0 Å². The molecule has 2 aromatic heterocycles. The van der Waals surface area contributed by atoms with E-state index in [4.69, 9.17) is 5.73 Å². The molecule has 0 radical (unpaired) electrons. The van der Waals surface area contributed by atoms with Crippen molar-refractivity contribution in [2.75, 3.05) is 5.73 Å². The smallest absolute Gasteiger partial charge is 0.221 e. The Kier molecular flexibility index (Phi) is 3.00. The summed E-state index contributed by atoms with van der Waals surface area (Å²) in [5.41, 5.74) is 7.41. The van der Waals surface area contributed by atoms with Crippen LogP contribution in [0, 0.1) is 6.92 Å². The summed E-state index contributed by atoms with van der Waals surface area (Å²) in [6.07, 6.45) is 1.56. The second-order valence-corrected chi connectivity index (χ2v) is 5.01. The predicted octanol–water partition coefficient (Wildman–Crippen LogP) is 2.46. The molecule has 0 atom stereocenters. The van der Waals surface area contributed by atoms with Gasteiger partial charge in [-0.05, 0) is 30.8 Å². The third-order valence-corrected chi connectivity index (χ3v) is 3.49. The van der Waals surface area contributed by atoms with E-state index in [1.165, 1.54) is 11.8 Å². The first-order valence-corrected chi connectivity index (χ1v) is 6.53. The molecule has 0 amide bonds. The Morgan fingerprint density at radius 3 is 2.79 bits per heavy atom. The second kappa shape index (κ2) is 4.81. The summed E-state index contributed by atoms with van der Waals surface area (Å²) in [5, 5.41) is 2.65. The fourth-order valence-corrected chi connectivity index (χ4v) is 2.72. The quantitative estimate of drug-likeness (QED) is 0.720. The number of aromatic nitrogens is 4. The van der Waals surface area contributed by atoms with Gasteiger partial charge < -0.3 is 5.73 Å². The molecule has 6 heteroatoms. The molecule has 1 aromatic carbocycles. The van der Waals surface area contributed by atoms with Crippen LogP contribution in [-0.4, -0.2) is 19.9 Å². The maximum absolute atomic E-state index is 5.66. The lowest BCUT2D eigenvalue weighted by atomic mass is 10.2. The molecule has 19 heavy (non-hydrogen) atoms. The molecule has 94 valence electrons. The molecular weight excluding hydrogens is 258 g/mol. The third kappa shape index (κ3) is 2.48. The zero-order chi connectivity index (χ0) is 13.2. The molecule has 2 N–H and O–H groups in total. The van der Waals surface area contributed by atoms with E-state index in [9.17, 15) is 0 Å². The molecule has 2 heterocycles. The largest absolute Gasteiger partial charge is 0.368 e. The molecule has 0 saturated carbocycles. The van der Waals surface area contributed by atoms with E-state index in [1.807, 2.05) is 37.3 Å². The molecule has 0 saturated heterocycles. The fraction of sp³-hybridized carbons (Fsp3) is 0.0769. The van der Waals surface area contributed by atoms with Gasteiger partial charge in [-0.1, -0.05) is 18.2 Å². The molecule has 0 bridgehead atoms. The van der Waals surface area contributed by atoms with E-state index in [0.717, 1.165) is 26.6 Å². The zero-order valence-corrected chi connectivity index (χ0v) is 11.1. The Bertz CT molecular complexity index is 718. The molecule has 0 unspecified atom stereocenters. The van der Waals surface area contributed by atoms with Crippen molar-refractivity contribution in [3.05, 3.63) is 42.4 Å². The van der Waals surface area contributed by atoms with Crippen molar-refractivity contribution in [3.8, 4) is 0 Å². The van der Waals surface area contributed by atoms with Gasteiger partial charge in [-0.25, -0.2) is 19.9 Å². The highest BCUT2D eigenvalue weighted by Gasteiger charge is 2.07. The minimum absolute atomic E-state index is 0.279. The first-order chi connectivity index (χ1) is 9.22. The highest BCUT2D eigenvalue weighted by atomic mass is 32.2. The lowest BCUT2D eigenvalue weighted by molar-refractivity contribution is 1.02. The van der Waals surface area contributed by atoms with Gasteiger partial charge in [0.15, 0.2) is 0 Å². The van der Waals surface area contributed by atoms with Gasteiger partial charge in [0.25, 0.3) is 0 Å². The van der Waals surface area contributed by atoms with Gasteiger partial charge in [0.1, 0.15) is 16.4 Å². The summed E-state index contributed by atoms with van der Waals surface area (Å²) < 4.78 is 0. The van der Waals surface area contributed by atoms with E-state index in [1.54, 1.807) is 6.33 Å². The molecule has 0 aliphatic carbocycles. The van der Waals surface area contributed by atoms with Gasteiger partial charge in [0.2, 0.25) is 5.95 Å². The number of benzene rings is 1. The Labute approximate surface area is 114 Å². The van der Waals surface area contributed by atoms with Crippen LogP contribution < -0.4 is 5.73 Å².